The minimum Gasteiger partial charge on any atom is -0.354 e. The maximum Gasteiger partial charge on any atom is 0.244 e. The first-order chi connectivity index (χ1) is 19.0. The summed E-state index contributed by atoms with van der Waals surface area (Å²) in [6, 6.07) is 21.3. The van der Waals surface area contributed by atoms with Crippen LogP contribution < -0.4 is 9.62 Å². The summed E-state index contributed by atoms with van der Waals surface area (Å²) in [4.78, 5) is 29.2. The molecule has 40 heavy (non-hydrogen) atoms. The molecule has 3 aromatic carbocycles. The molecule has 0 spiro atoms. The molecule has 2 amide bonds. The quantitative estimate of drug-likeness (QED) is 0.228. The number of halogens is 2. The normalized spacial score (nSPS) is 12.0. The van der Waals surface area contributed by atoms with Crippen LogP contribution >= 0.6 is 31.9 Å². The maximum atomic E-state index is 14.1. The third kappa shape index (κ3) is 9.17. The van der Waals surface area contributed by atoms with E-state index in [1.165, 1.54) is 4.90 Å². The van der Waals surface area contributed by atoms with Crippen LogP contribution in [0.25, 0.3) is 0 Å². The lowest BCUT2D eigenvalue weighted by molar-refractivity contribution is -0.140. The van der Waals surface area contributed by atoms with Gasteiger partial charge in [0.15, 0.2) is 0 Å². The van der Waals surface area contributed by atoms with E-state index >= 15 is 0 Å². The fourth-order valence-electron chi connectivity index (χ4n) is 4.29. The first-order valence-corrected chi connectivity index (χ1v) is 16.5. The number of anilines is 1. The number of amides is 2. The second kappa shape index (κ2) is 14.8. The van der Waals surface area contributed by atoms with Crippen molar-refractivity contribution >= 4 is 59.4 Å². The van der Waals surface area contributed by atoms with Gasteiger partial charge in [-0.05, 0) is 60.4 Å². The van der Waals surface area contributed by atoms with Crippen molar-refractivity contribution in [1.82, 2.24) is 10.2 Å². The lowest BCUT2D eigenvalue weighted by Crippen LogP contribution is -2.53. The van der Waals surface area contributed by atoms with Crippen LogP contribution in [-0.4, -0.2) is 50.5 Å². The predicted octanol–water partition coefficient (Wildman–Crippen LogP) is 5.84. The molecule has 3 aromatic rings. The molecule has 0 bridgehead atoms. The fraction of sp³-hybridized carbons (Fsp3) is 0.333. The number of nitrogens with one attached hydrogen (secondary N) is 1. The first kappa shape index (κ1) is 31.8. The molecule has 0 aliphatic carbocycles. The van der Waals surface area contributed by atoms with Crippen molar-refractivity contribution in [2.75, 3.05) is 23.7 Å². The lowest BCUT2D eigenvalue weighted by atomic mass is 10.0. The van der Waals surface area contributed by atoms with E-state index < -0.39 is 28.5 Å². The monoisotopic (exact) mass is 691 g/mol. The summed E-state index contributed by atoms with van der Waals surface area (Å²) in [5.41, 5.74) is 2.93. The van der Waals surface area contributed by atoms with E-state index in [2.05, 4.69) is 37.2 Å². The Hall–Kier alpha value is -2.69. The van der Waals surface area contributed by atoms with Crippen molar-refractivity contribution in [2.45, 2.75) is 45.7 Å². The minimum absolute atomic E-state index is 0.133. The van der Waals surface area contributed by atoms with Crippen LogP contribution in [0.15, 0.2) is 81.7 Å². The molecule has 0 saturated carbocycles. The van der Waals surface area contributed by atoms with Crippen LogP contribution in [0.2, 0.25) is 0 Å². The summed E-state index contributed by atoms with van der Waals surface area (Å²) < 4.78 is 28.6. The number of nitrogens with zero attached hydrogens (tertiary/aromatic N) is 2. The molecule has 1 N–H and O–H groups in total. The summed E-state index contributed by atoms with van der Waals surface area (Å²) in [5.74, 6) is -0.747. The number of sulfonamides is 1. The van der Waals surface area contributed by atoms with Gasteiger partial charge in [0.05, 0.1) is 11.9 Å². The van der Waals surface area contributed by atoms with Crippen LogP contribution in [0.3, 0.4) is 0 Å². The van der Waals surface area contributed by atoms with Crippen LogP contribution in [0.1, 0.15) is 36.5 Å². The number of unbranched alkanes of at least 4 members (excludes halogenated alkanes) is 1. The number of hydrogen-bond acceptors (Lipinski definition) is 4. The summed E-state index contributed by atoms with van der Waals surface area (Å²) in [7, 11) is -3.82. The van der Waals surface area contributed by atoms with E-state index in [9.17, 15) is 18.0 Å². The average molecular weight is 694 g/mol. The molecular weight excluding hydrogens is 658 g/mol. The van der Waals surface area contributed by atoms with Crippen molar-refractivity contribution < 1.29 is 18.0 Å². The highest BCUT2D eigenvalue weighted by Crippen LogP contribution is 2.25. The zero-order valence-corrected chi connectivity index (χ0v) is 26.9. The largest absolute Gasteiger partial charge is 0.354 e. The predicted molar refractivity (Wildman–Crippen MR) is 168 cm³/mol. The Morgan fingerprint density at radius 2 is 1.65 bits per heavy atom. The third-order valence-corrected chi connectivity index (χ3v) is 8.97. The van der Waals surface area contributed by atoms with Gasteiger partial charge in [0, 0.05) is 28.5 Å². The van der Waals surface area contributed by atoms with Crippen molar-refractivity contribution in [1.29, 1.82) is 0 Å². The topological polar surface area (TPSA) is 86.8 Å². The molecule has 0 saturated heterocycles. The van der Waals surface area contributed by atoms with E-state index in [4.69, 9.17) is 0 Å². The molecule has 3 rings (SSSR count). The third-order valence-electron chi connectivity index (χ3n) is 6.45. The Labute approximate surface area is 254 Å². The molecule has 1 atom stereocenters. The van der Waals surface area contributed by atoms with E-state index in [0.29, 0.717) is 12.2 Å². The van der Waals surface area contributed by atoms with Crippen molar-refractivity contribution in [3.8, 4) is 0 Å². The van der Waals surface area contributed by atoms with E-state index in [1.54, 1.807) is 18.2 Å². The van der Waals surface area contributed by atoms with Gasteiger partial charge in [-0.3, -0.25) is 13.9 Å². The second-order valence-electron chi connectivity index (χ2n) is 9.70. The van der Waals surface area contributed by atoms with Gasteiger partial charge in [-0.2, -0.15) is 0 Å². The van der Waals surface area contributed by atoms with Gasteiger partial charge >= 0.3 is 0 Å². The fourth-order valence-corrected chi connectivity index (χ4v) is 5.82. The van der Waals surface area contributed by atoms with Crippen molar-refractivity contribution in [3.63, 3.8) is 0 Å². The van der Waals surface area contributed by atoms with Crippen LogP contribution in [0.5, 0.6) is 0 Å². The van der Waals surface area contributed by atoms with Gasteiger partial charge in [-0.25, -0.2) is 8.42 Å². The van der Waals surface area contributed by atoms with Gasteiger partial charge in [0.1, 0.15) is 12.6 Å². The summed E-state index contributed by atoms with van der Waals surface area (Å²) in [5, 5.41) is 2.99. The molecule has 0 heterocycles. The second-order valence-corrected chi connectivity index (χ2v) is 13.4. The summed E-state index contributed by atoms with van der Waals surface area (Å²) >= 11 is 6.93. The number of hydrogen-bond donors (Lipinski definition) is 1. The van der Waals surface area contributed by atoms with Crippen molar-refractivity contribution in [3.05, 3.63) is 98.4 Å². The number of aryl methyl sites for hydroxylation is 1. The highest BCUT2D eigenvalue weighted by atomic mass is 79.9. The number of benzene rings is 3. The SMILES string of the molecule is CCCCNC(=O)[C@H](Cc1ccccc1)N(Cc1cccc(Br)c1)C(=O)CN(c1ccc(Br)c(C)c1)S(C)(=O)=O. The van der Waals surface area contributed by atoms with E-state index in [1.807, 2.05) is 68.4 Å². The smallest absolute Gasteiger partial charge is 0.244 e. The molecule has 7 nitrogen and oxygen atoms in total. The molecule has 0 aromatic heterocycles. The highest BCUT2D eigenvalue weighted by molar-refractivity contribution is 9.10. The Kier molecular flexibility index (Phi) is 11.8. The summed E-state index contributed by atoms with van der Waals surface area (Å²) in [6.07, 6.45) is 3.10. The van der Waals surface area contributed by atoms with E-state index in [-0.39, 0.29) is 18.9 Å². The standard InChI is InChI=1S/C30H35Br2N3O4S/c1-4-5-16-33-30(37)28(19-23-10-7-6-8-11-23)34(20-24-12-9-13-25(31)18-24)29(36)21-35(40(3,38)39)26-14-15-27(32)22(2)17-26/h6-15,17-18,28H,4-5,16,19-21H2,1-3H3,(H,33,37)/t28-/m0/s1. The van der Waals surface area contributed by atoms with E-state index in [0.717, 1.165) is 49.0 Å². The molecule has 0 aliphatic rings. The Morgan fingerprint density at radius 3 is 2.27 bits per heavy atom. The lowest BCUT2D eigenvalue weighted by Gasteiger charge is -2.33. The Morgan fingerprint density at radius 1 is 0.950 bits per heavy atom. The van der Waals surface area contributed by atoms with Gasteiger partial charge in [-0.1, -0.05) is 87.7 Å². The maximum absolute atomic E-state index is 14.1. The Balaban J connectivity index is 2.04. The van der Waals surface area contributed by atoms with Crippen molar-refractivity contribution in [2.24, 2.45) is 0 Å². The van der Waals surface area contributed by atoms with Crippen LogP contribution in [0.4, 0.5) is 5.69 Å². The van der Waals surface area contributed by atoms with Crippen LogP contribution in [0, 0.1) is 6.92 Å². The molecule has 214 valence electrons. The van der Waals surface area contributed by atoms with Gasteiger partial charge in [-0.15, -0.1) is 0 Å². The number of rotatable bonds is 13. The first-order valence-electron chi connectivity index (χ1n) is 13.1. The Bertz CT molecular complexity index is 1420. The molecule has 0 aliphatic heterocycles. The number of carbonyl (C=O) groups is 2. The zero-order chi connectivity index (χ0) is 29.3. The molecule has 10 heteroatoms. The number of carbonyl (C=O) groups excluding carboxylic acids is 2. The van der Waals surface area contributed by atoms with Gasteiger partial charge in [0.2, 0.25) is 21.8 Å². The molecule has 0 radical (unpaired) electrons. The average Bonchev–Trinajstić information content (AvgIpc) is 2.91. The highest BCUT2D eigenvalue weighted by Gasteiger charge is 2.33. The zero-order valence-electron chi connectivity index (χ0n) is 22.9. The van der Waals surface area contributed by atoms with Gasteiger partial charge in [0.25, 0.3) is 0 Å². The van der Waals surface area contributed by atoms with Gasteiger partial charge < -0.3 is 10.2 Å². The summed E-state index contributed by atoms with van der Waals surface area (Å²) in [6.45, 7) is 4.08. The molecule has 0 fully saturated rings. The molecule has 0 unspecified atom stereocenters. The van der Waals surface area contributed by atoms with Crippen LogP contribution in [-0.2, 0) is 32.6 Å². The molecular formula is C30H35Br2N3O4S. The minimum atomic E-state index is -3.82.